The first-order valence-electron chi connectivity index (χ1n) is 6.40. The number of anilines is 1. The van der Waals surface area contributed by atoms with Crippen LogP contribution in [0.3, 0.4) is 0 Å². The summed E-state index contributed by atoms with van der Waals surface area (Å²) in [5, 5.41) is 0.0336. The van der Waals surface area contributed by atoms with Crippen LogP contribution in [0, 0.1) is 0 Å². The van der Waals surface area contributed by atoms with Crippen LogP contribution in [0.15, 0.2) is 29.4 Å². The Morgan fingerprint density at radius 1 is 1.35 bits per heavy atom. The van der Waals surface area contributed by atoms with Gasteiger partial charge in [-0.2, -0.15) is 11.8 Å². The van der Waals surface area contributed by atoms with Crippen LogP contribution >= 0.6 is 11.8 Å². The van der Waals surface area contributed by atoms with E-state index in [0.717, 1.165) is 24.3 Å². The summed E-state index contributed by atoms with van der Waals surface area (Å²) < 4.78 is 29.3. The molecule has 8 heteroatoms. The molecule has 0 aliphatic carbocycles. The fraction of sp³-hybridized carbons (Fsp3) is 0.417. The van der Waals surface area contributed by atoms with Crippen molar-refractivity contribution in [1.29, 1.82) is 0 Å². The van der Waals surface area contributed by atoms with Gasteiger partial charge in [-0.3, -0.25) is 4.40 Å². The van der Waals surface area contributed by atoms with Crippen molar-refractivity contribution in [3.05, 3.63) is 24.4 Å². The number of imidazole rings is 1. The maximum Gasteiger partial charge on any atom is 0.260 e. The molecular formula is C12H16N4O2S2. The van der Waals surface area contributed by atoms with E-state index in [4.69, 9.17) is 5.73 Å². The number of rotatable bonds is 3. The zero-order valence-corrected chi connectivity index (χ0v) is 12.5. The minimum atomic E-state index is -3.66. The number of hydrogen-bond donors (Lipinski definition) is 2. The van der Waals surface area contributed by atoms with Crippen molar-refractivity contribution >= 4 is 33.3 Å². The van der Waals surface area contributed by atoms with Gasteiger partial charge in [0, 0.05) is 12.2 Å². The number of fused-ring (bicyclic) bond motifs is 1. The zero-order chi connectivity index (χ0) is 14.2. The summed E-state index contributed by atoms with van der Waals surface area (Å²) in [4.78, 5) is 4.09. The molecule has 108 valence electrons. The monoisotopic (exact) mass is 312 g/mol. The molecule has 0 aromatic carbocycles. The summed E-state index contributed by atoms with van der Waals surface area (Å²) in [5.74, 6) is 2.00. The van der Waals surface area contributed by atoms with Crippen molar-refractivity contribution in [3.8, 4) is 0 Å². The van der Waals surface area contributed by atoms with E-state index in [9.17, 15) is 8.42 Å². The Morgan fingerprint density at radius 3 is 2.85 bits per heavy atom. The predicted molar refractivity (Wildman–Crippen MR) is 80.3 cm³/mol. The topological polar surface area (TPSA) is 89.5 Å². The fourth-order valence-electron chi connectivity index (χ4n) is 2.35. The lowest BCUT2D eigenvalue weighted by Crippen LogP contribution is -2.38. The van der Waals surface area contributed by atoms with E-state index in [2.05, 4.69) is 9.71 Å². The molecule has 1 saturated heterocycles. The Balaban J connectivity index is 1.98. The van der Waals surface area contributed by atoms with Crippen molar-refractivity contribution in [1.82, 2.24) is 14.1 Å². The summed E-state index contributed by atoms with van der Waals surface area (Å²) in [7, 11) is -3.66. The van der Waals surface area contributed by atoms with Gasteiger partial charge >= 0.3 is 0 Å². The van der Waals surface area contributed by atoms with Crippen LogP contribution in [0.5, 0.6) is 0 Å². The first kappa shape index (κ1) is 13.7. The minimum absolute atomic E-state index is 0.0186. The summed E-state index contributed by atoms with van der Waals surface area (Å²) >= 11 is 1.85. The van der Waals surface area contributed by atoms with Crippen LogP contribution in [0.25, 0.3) is 5.65 Å². The molecule has 1 aliphatic heterocycles. The van der Waals surface area contributed by atoms with E-state index in [1.165, 1.54) is 4.40 Å². The molecule has 0 bridgehead atoms. The average molecular weight is 312 g/mol. The highest BCUT2D eigenvalue weighted by molar-refractivity contribution is 7.99. The molecule has 6 nitrogen and oxygen atoms in total. The van der Waals surface area contributed by atoms with Crippen molar-refractivity contribution in [2.45, 2.75) is 23.9 Å². The van der Waals surface area contributed by atoms with Crippen LogP contribution in [0.2, 0.25) is 0 Å². The van der Waals surface area contributed by atoms with Gasteiger partial charge in [-0.25, -0.2) is 18.1 Å². The number of nitrogen functional groups attached to an aromatic ring is 1. The van der Waals surface area contributed by atoms with Gasteiger partial charge in [0.1, 0.15) is 5.65 Å². The number of aromatic nitrogens is 2. The summed E-state index contributed by atoms with van der Waals surface area (Å²) in [6.45, 7) is 0. The minimum Gasteiger partial charge on any atom is -0.381 e. The van der Waals surface area contributed by atoms with Crippen LogP contribution in [-0.2, 0) is 10.0 Å². The smallest absolute Gasteiger partial charge is 0.260 e. The van der Waals surface area contributed by atoms with Crippen molar-refractivity contribution in [2.75, 3.05) is 17.2 Å². The van der Waals surface area contributed by atoms with Crippen molar-refractivity contribution in [2.24, 2.45) is 0 Å². The average Bonchev–Trinajstić information content (AvgIpc) is 2.75. The van der Waals surface area contributed by atoms with Crippen LogP contribution in [-0.4, -0.2) is 35.4 Å². The lowest BCUT2D eigenvalue weighted by molar-refractivity contribution is 0.526. The Kier molecular flexibility index (Phi) is 3.61. The van der Waals surface area contributed by atoms with E-state index in [0.29, 0.717) is 5.65 Å². The Bertz CT molecular complexity index is 720. The number of hydrogen-bond acceptors (Lipinski definition) is 5. The van der Waals surface area contributed by atoms with Gasteiger partial charge in [0.2, 0.25) is 0 Å². The highest BCUT2D eigenvalue weighted by Gasteiger charge is 2.27. The lowest BCUT2D eigenvalue weighted by atomic mass is 10.2. The standard InChI is InChI=1S/C12H16N4O2S2/c13-11-12(16-6-2-1-3-10(16)14-11)20(17,18)15-9-4-7-19-8-5-9/h1-3,6,9,15H,4-5,7-8,13H2. The third-order valence-electron chi connectivity index (χ3n) is 3.31. The SMILES string of the molecule is Nc1nc2ccccn2c1S(=O)(=O)NC1CCSCC1. The Morgan fingerprint density at radius 2 is 2.10 bits per heavy atom. The Hall–Kier alpha value is -1.25. The fourth-order valence-corrected chi connectivity index (χ4v) is 4.98. The molecule has 3 heterocycles. The van der Waals surface area contributed by atoms with Crippen molar-refractivity contribution in [3.63, 3.8) is 0 Å². The first-order valence-corrected chi connectivity index (χ1v) is 9.04. The van der Waals surface area contributed by atoms with E-state index in [-0.39, 0.29) is 16.9 Å². The van der Waals surface area contributed by atoms with E-state index < -0.39 is 10.0 Å². The van der Waals surface area contributed by atoms with Gasteiger partial charge in [-0.1, -0.05) is 6.07 Å². The van der Waals surface area contributed by atoms with Gasteiger partial charge in [0.25, 0.3) is 10.0 Å². The predicted octanol–water partition coefficient (Wildman–Crippen LogP) is 1.09. The zero-order valence-electron chi connectivity index (χ0n) is 10.8. The van der Waals surface area contributed by atoms with E-state index in [1.807, 2.05) is 11.8 Å². The molecule has 0 atom stereocenters. The normalized spacial score (nSPS) is 17.6. The van der Waals surface area contributed by atoms with Crippen LogP contribution in [0.4, 0.5) is 5.82 Å². The molecule has 3 N–H and O–H groups in total. The third kappa shape index (κ3) is 2.50. The van der Waals surface area contributed by atoms with E-state index in [1.54, 1.807) is 24.4 Å². The molecule has 3 rings (SSSR count). The molecule has 1 aliphatic rings. The summed E-state index contributed by atoms with van der Waals surface area (Å²) in [6.07, 6.45) is 3.35. The molecular weight excluding hydrogens is 296 g/mol. The first-order chi connectivity index (χ1) is 9.58. The Labute approximate surface area is 121 Å². The van der Waals surface area contributed by atoms with Gasteiger partial charge in [-0.05, 0) is 36.5 Å². The molecule has 0 radical (unpaired) electrons. The molecule has 0 amide bonds. The second-order valence-corrected chi connectivity index (χ2v) is 7.59. The highest BCUT2D eigenvalue weighted by atomic mass is 32.2. The number of thioether (sulfide) groups is 1. The molecule has 20 heavy (non-hydrogen) atoms. The second-order valence-electron chi connectivity index (χ2n) is 4.74. The van der Waals surface area contributed by atoms with Crippen LogP contribution < -0.4 is 10.5 Å². The van der Waals surface area contributed by atoms with Crippen LogP contribution in [0.1, 0.15) is 12.8 Å². The number of nitrogens with zero attached hydrogens (tertiary/aromatic N) is 2. The number of sulfonamides is 1. The molecule has 0 saturated carbocycles. The van der Waals surface area contributed by atoms with Gasteiger partial charge in [0.05, 0.1) is 0 Å². The van der Waals surface area contributed by atoms with E-state index >= 15 is 0 Å². The van der Waals surface area contributed by atoms with Gasteiger partial charge in [-0.15, -0.1) is 0 Å². The molecule has 2 aromatic heterocycles. The second kappa shape index (κ2) is 5.27. The van der Waals surface area contributed by atoms with Crippen molar-refractivity contribution < 1.29 is 8.42 Å². The summed E-state index contributed by atoms with van der Waals surface area (Å²) in [6, 6.07) is 5.26. The number of pyridine rings is 1. The lowest BCUT2D eigenvalue weighted by Gasteiger charge is -2.22. The highest BCUT2D eigenvalue weighted by Crippen LogP contribution is 2.23. The largest absolute Gasteiger partial charge is 0.381 e. The number of nitrogens with one attached hydrogen (secondary N) is 1. The number of nitrogens with two attached hydrogens (primary N) is 1. The molecule has 1 fully saturated rings. The van der Waals surface area contributed by atoms with Gasteiger partial charge in [0.15, 0.2) is 10.8 Å². The molecule has 2 aromatic rings. The quantitative estimate of drug-likeness (QED) is 0.885. The molecule has 0 spiro atoms. The van der Waals surface area contributed by atoms with Gasteiger partial charge < -0.3 is 5.73 Å². The maximum atomic E-state index is 12.5. The molecule has 0 unspecified atom stereocenters. The third-order valence-corrected chi connectivity index (χ3v) is 5.92. The maximum absolute atomic E-state index is 12.5. The summed E-state index contributed by atoms with van der Waals surface area (Å²) in [5.41, 5.74) is 6.32.